The lowest BCUT2D eigenvalue weighted by molar-refractivity contribution is -0.117. The average molecular weight is 359 g/mol. The van der Waals surface area contributed by atoms with Crippen molar-refractivity contribution in [3.63, 3.8) is 0 Å². The molecule has 1 amide bonds. The number of nitrogens with zero attached hydrogens (tertiary/aromatic N) is 3. The first-order chi connectivity index (χ1) is 12.2. The molecule has 2 aliphatic rings. The molecule has 1 N–H and O–H groups in total. The highest BCUT2D eigenvalue weighted by molar-refractivity contribution is 6.29. The van der Waals surface area contributed by atoms with Crippen molar-refractivity contribution in [2.45, 2.75) is 38.2 Å². The van der Waals surface area contributed by atoms with E-state index in [9.17, 15) is 4.79 Å². The molecule has 0 radical (unpaired) electrons. The van der Waals surface area contributed by atoms with Gasteiger partial charge in [0.1, 0.15) is 10.7 Å². The Morgan fingerprint density at radius 3 is 2.84 bits per heavy atom. The fraction of sp³-hybridized carbons (Fsp3) is 0.389. The van der Waals surface area contributed by atoms with Crippen molar-refractivity contribution >= 4 is 40.3 Å². The van der Waals surface area contributed by atoms with Crippen molar-refractivity contribution in [1.29, 1.82) is 0 Å². The number of fused-ring (bicyclic) bond motifs is 1. The number of nitrogens with one attached hydrogen (secondary N) is 1. The third kappa shape index (κ3) is 3.45. The third-order valence-electron chi connectivity index (χ3n) is 4.50. The van der Waals surface area contributed by atoms with Crippen LogP contribution in [0.25, 0.3) is 16.9 Å². The molecule has 4 rings (SSSR count). The van der Waals surface area contributed by atoms with E-state index in [-0.39, 0.29) is 5.91 Å². The van der Waals surface area contributed by atoms with Crippen LogP contribution in [0.15, 0.2) is 30.4 Å². The number of amides is 1. The van der Waals surface area contributed by atoms with Crippen molar-refractivity contribution in [1.82, 2.24) is 14.5 Å². The smallest absolute Gasteiger partial charge is 0.229 e. The van der Waals surface area contributed by atoms with Crippen LogP contribution >= 0.6 is 11.6 Å². The predicted molar refractivity (Wildman–Crippen MR) is 97.4 cm³/mol. The van der Waals surface area contributed by atoms with Crippen molar-refractivity contribution in [2.75, 3.05) is 11.9 Å². The zero-order valence-electron chi connectivity index (χ0n) is 13.7. The molecule has 0 saturated heterocycles. The molecule has 0 aliphatic heterocycles. The third-order valence-corrected chi connectivity index (χ3v) is 4.71. The second kappa shape index (κ2) is 6.98. The van der Waals surface area contributed by atoms with Gasteiger partial charge in [0.25, 0.3) is 0 Å². The molecule has 0 atom stereocenters. The van der Waals surface area contributed by atoms with Gasteiger partial charge in [0.2, 0.25) is 11.9 Å². The molecule has 0 bridgehead atoms. The SMILES string of the molecule is O=C(CCOC1CCCC1)Nc1nc2ccc(Cl)nc2n1C1=CC=C1. The molecule has 0 unspecified atom stereocenters. The Hall–Kier alpha value is -2.18. The lowest BCUT2D eigenvalue weighted by Crippen LogP contribution is -2.19. The van der Waals surface area contributed by atoms with E-state index in [2.05, 4.69) is 15.3 Å². The number of carbonyl (C=O) groups is 1. The molecule has 130 valence electrons. The Kier molecular flexibility index (Phi) is 4.55. The Labute approximate surface area is 150 Å². The van der Waals surface area contributed by atoms with Crippen LogP contribution in [0.4, 0.5) is 5.95 Å². The number of rotatable bonds is 6. The van der Waals surface area contributed by atoms with E-state index < -0.39 is 0 Å². The number of aromatic nitrogens is 3. The molecule has 6 nitrogen and oxygen atoms in total. The van der Waals surface area contributed by atoms with E-state index in [0.29, 0.717) is 41.4 Å². The summed E-state index contributed by atoms with van der Waals surface area (Å²) in [4.78, 5) is 21.1. The molecule has 2 aliphatic carbocycles. The summed E-state index contributed by atoms with van der Waals surface area (Å²) in [6.07, 6.45) is 11.1. The molecular weight excluding hydrogens is 340 g/mol. The monoisotopic (exact) mass is 358 g/mol. The van der Waals surface area contributed by atoms with Crippen LogP contribution in [0, 0.1) is 0 Å². The average Bonchev–Trinajstić information content (AvgIpc) is 3.15. The summed E-state index contributed by atoms with van der Waals surface area (Å²) >= 11 is 6.01. The number of imidazole rings is 1. The molecular formula is C18H19ClN4O2. The Bertz CT molecular complexity index is 865. The number of hydrogen-bond donors (Lipinski definition) is 1. The maximum Gasteiger partial charge on any atom is 0.229 e. The number of carbonyl (C=O) groups excluding carboxylic acids is 1. The highest BCUT2D eigenvalue weighted by atomic mass is 35.5. The summed E-state index contributed by atoms with van der Waals surface area (Å²) in [5, 5.41) is 3.26. The largest absolute Gasteiger partial charge is 0.378 e. The van der Waals surface area contributed by atoms with E-state index in [1.807, 2.05) is 18.2 Å². The number of halogens is 1. The minimum absolute atomic E-state index is 0.121. The number of hydrogen-bond acceptors (Lipinski definition) is 4. The minimum Gasteiger partial charge on any atom is -0.378 e. The molecule has 0 aromatic carbocycles. The molecule has 2 heterocycles. The summed E-state index contributed by atoms with van der Waals surface area (Å²) in [7, 11) is 0. The highest BCUT2D eigenvalue weighted by Gasteiger charge is 2.19. The van der Waals surface area contributed by atoms with Crippen molar-refractivity contribution < 1.29 is 9.53 Å². The first kappa shape index (κ1) is 16.3. The van der Waals surface area contributed by atoms with Crippen LogP contribution in [-0.4, -0.2) is 33.2 Å². The molecule has 7 heteroatoms. The number of ether oxygens (including phenoxy) is 1. The Morgan fingerprint density at radius 2 is 2.12 bits per heavy atom. The van der Waals surface area contributed by atoms with Gasteiger partial charge in [-0.25, -0.2) is 9.97 Å². The van der Waals surface area contributed by atoms with Gasteiger partial charge in [0.15, 0.2) is 5.65 Å². The zero-order chi connectivity index (χ0) is 17.2. The fourth-order valence-corrected chi connectivity index (χ4v) is 3.30. The van der Waals surface area contributed by atoms with Crippen LogP contribution in [0.3, 0.4) is 0 Å². The van der Waals surface area contributed by atoms with Crippen molar-refractivity contribution in [2.24, 2.45) is 0 Å². The van der Waals surface area contributed by atoms with E-state index >= 15 is 0 Å². The van der Waals surface area contributed by atoms with Gasteiger partial charge in [0, 0.05) is 0 Å². The maximum absolute atomic E-state index is 12.3. The van der Waals surface area contributed by atoms with Gasteiger partial charge in [0.05, 0.1) is 24.8 Å². The Morgan fingerprint density at radius 1 is 1.32 bits per heavy atom. The second-order valence-corrected chi connectivity index (χ2v) is 6.66. The summed E-state index contributed by atoms with van der Waals surface area (Å²) in [5.41, 5.74) is 2.22. The number of anilines is 1. The molecule has 1 fully saturated rings. The lowest BCUT2D eigenvalue weighted by atomic mass is 10.2. The zero-order valence-corrected chi connectivity index (χ0v) is 14.5. The molecule has 1 saturated carbocycles. The quantitative estimate of drug-likeness (QED) is 0.798. The van der Waals surface area contributed by atoms with Gasteiger partial charge in [-0.15, -0.1) is 0 Å². The van der Waals surface area contributed by atoms with Gasteiger partial charge < -0.3 is 4.74 Å². The van der Waals surface area contributed by atoms with Gasteiger partial charge in [-0.1, -0.05) is 30.5 Å². The van der Waals surface area contributed by atoms with Gasteiger partial charge >= 0.3 is 0 Å². The van der Waals surface area contributed by atoms with Crippen molar-refractivity contribution in [3.8, 4) is 0 Å². The van der Waals surface area contributed by atoms with Gasteiger partial charge in [-0.3, -0.25) is 14.7 Å². The van der Waals surface area contributed by atoms with E-state index in [0.717, 1.165) is 18.5 Å². The van der Waals surface area contributed by atoms with Crippen molar-refractivity contribution in [3.05, 3.63) is 35.5 Å². The maximum atomic E-state index is 12.3. The molecule has 25 heavy (non-hydrogen) atoms. The van der Waals surface area contributed by atoms with Crippen LogP contribution in [0.5, 0.6) is 0 Å². The number of allylic oxidation sites excluding steroid dienone is 4. The van der Waals surface area contributed by atoms with Crippen LogP contribution in [0.2, 0.25) is 5.15 Å². The Balaban J connectivity index is 1.47. The minimum atomic E-state index is -0.121. The fourth-order valence-electron chi connectivity index (χ4n) is 3.15. The summed E-state index contributed by atoms with van der Waals surface area (Å²) in [5.74, 6) is 0.329. The normalized spacial score (nSPS) is 16.9. The number of pyridine rings is 1. The summed E-state index contributed by atoms with van der Waals surface area (Å²) < 4.78 is 7.56. The van der Waals surface area contributed by atoms with Gasteiger partial charge in [-0.05, 0) is 37.1 Å². The molecule has 2 aromatic heterocycles. The summed E-state index contributed by atoms with van der Waals surface area (Å²) in [6, 6.07) is 3.48. The van der Waals surface area contributed by atoms with Gasteiger partial charge in [-0.2, -0.15) is 0 Å². The molecule has 2 aromatic rings. The highest BCUT2D eigenvalue weighted by Crippen LogP contribution is 2.27. The summed E-state index contributed by atoms with van der Waals surface area (Å²) in [6.45, 7) is 0.434. The topological polar surface area (TPSA) is 69.0 Å². The van der Waals surface area contributed by atoms with E-state index in [1.165, 1.54) is 12.8 Å². The second-order valence-electron chi connectivity index (χ2n) is 6.27. The first-order valence-corrected chi connectivity index (χ1v) is 8.94. The van der Waals surface area contributed by atoms with Crippen LogP contribution in [0.1, 0.15) is 32.1 Å². The molecule has 0 spiro atoms. The van der Waals surface area contributed by atoms with E-state index in [1.54, 1.807) is 16.7 Å². The first-order valence-electron chi connectivity index (χ1n) is 8.56. The van der Waals surface area contributed by atoms with Crippen LogP contribution < -0.4 is 5.32 Å². The lowest BCUT2D eigenvalue weighted by Gasteiger charge is -2.14. The standard InChI is InChI=1S/C18H19ClN4O2/c19-15-9-8-14-17(21-15)23(12-4-3-5-12)18(20-14)22-16(24)10-11-25-13-6-1-2-7-13/h3-5,8-9,13H,1-2,6-7,10-11H2,(H,20,22,24). The predicted octanol–water partition coefficient (Wildman–Crippen LogP) is 3.78. The van der Waals surface area contributed by atoms with E-state index in [4.69, 9.17) is 16.3 Å². The van der Waals surface area contributed by atoms with Crippen LogP contribution in [-0.2, 0) is 9.53 Å².